The van der Waals surface area contributed by atoms with Crippen LogP contribution in [-0.4, -0.2) is 23.6 Å². The van der Waals surface area contributed by atoms with Crippen molar-refractivity contribution < 1.29 is 0 Å². The summed E-state index contributed by atoms with van der Waals surface area (Å²) in [5.74, 6) is 2.66. The first kappa shape index (κ1) is 15.3. The summed E-state index contributed by atoms with van der Waals surface area (Å²) in [6.45, 7) is 14.4. The van der Waals surface area contributed by atoms with E-state index in [1.165, 1.54) is 12.0 Å². The Morgan fingerprint density at radius 2 is 1.90 bits per heavy atom. The lowest BCUT2D eigenvalue weighted by atomic mass is 9.92. The van der Waals surface area contributed by atoms with Crippen LogP contribution in [0.4, 0.5) is 5.82 Å². The fourth-order valence-electron chi connectivity index (χ4n) is 2.96. The summed E-state index contributed by atoms with van der Waals surface area (Å²) in [5.41, 5.74) is 1.47. The number of nitrogens with one attached hydrogen (secondary N) is 1. The zero-order valence-electron chi connectivity index (χ0n) is 13.6. The van der Waals surface area contributed by atoms with Gasteiger partial charge in [0.15, 0.2) is 0 Å². The van der Waals surface area contributed by atoms with Crippen LogP contribution in [0, 0.1) is 11.8 Å². The number of pyridine rings is 1. The fourth-order valence-corrected chi connectivity index (χ4v) is 2.96. The Morgan fingerprint density at radius 3 is 2.50 bits per heavy atom. The molecule has 3 heteroatoms. The minimum absolute atomic E-state index is 0.150. The molecule has 1 fully saturated rings. The van der Waals surface area contributed by atoms with Gasteiger partial charge in [-0.25, -0.2) is 4.98 Å². The van der Waals surface area contributed by atoms with E-state index in [2.05, 4.69) is 62.0 Å². The summed E-state index contributed by atoms with van der Waals surface area (Å²) in [5, 5.41) is 3.54. The first-order chi connectivity index (χ1) is 9.33. The molecule has 1 aliphatic heterocycles. The molecule has 2 rings (SSSR count). The number of nitrogens with zero attached hydrogens (tertiary/aromatic N) is 2. The topological polar surface area (TPSA) is 28.2 Å². The quantitative estimate of drug-likeness (QED) is 0.916. The van der Waals surface area contributed by atoms with Gasteiger partial charge in [0.05, 0.1) is 0 Å². The van der Waals surface area contributed by atoms with Gasteiger partial charge in [-0.1, -0.05) is 13.8 Å². The molecule has 1 N–H and O–H groups in total. The Hall–Kier alpha value is -1.09. The van der Waals surface area contributed by atoms with Gasteiger partial charge in [0.1, 0.15) is 5.82 Å². The van der Waals surface area contributed by atoms with Gasteiger partial charge in [-0.2, -0.15) is 0 Å². The van der Waals surface area contributed by atoms with Crippen LogP contribution in [0.15, 0.2) is 18.3 Å². The number of anilines is 1. The summed E-state index contributed by atoms with van der Waals surface area (Å²) in [4.78, 5) is 7.02. The molecule has 20 heavy (non-hydrogen) atoms. The summed E-state index contributed by atoms with van der Waals surface area (Å²) >= 11 is 0. The lowest BCUT2D eigenvalue weighted by Crippen LogP contribution is -2.39. The van der Waals surface area contributed by atoms with Gasteiger partial charge in [0.25, 0.3) is 0 Å². The highest BCUT2D eigenvalue weighted by atomic mass is 15.2. The zero-order chi connectivity index (χ0) is 14.8. The van der Waals surface area contributed by atoms with Gasteiger partial charge in [-0.3, -0.25) is 0 Å². The molecule has 1 aromatic rings. The van der Waals surface area contributed by atoms with E-state index in [1.54, 1.807) is 0 Å². The molecule has 2 heterocycles. The van der Waals surface area contributed by atoms with Crippen LogP contribution in [0.1, 0.15) is 46.6 Å². The van der Waals surface area contributed by atoms with E-state index in [0.29, 0.717) is 0 Å². The summed E-state index contributed by atoms with van der Waals surface area (Å²) in [7, 11) is 0. The monoisotopic (exact) mass is 275 g/mol. The van der Waals surface area contributed by atoms with Gasteiger partial charge in [0.2, 0.25) is 0 Å². The maximum absolute atomic E-state index is 4.57. The Morgan fingerprint density at radius 1 is 1.25 bits per heavy atom. The van der Waals surface area contributed by atoms with Crippen molar-refractivity contribution in [3.05, 3.63) is 23.9 Å². The average Bonchev–Trinajstić information content (AvgIpc) is 2.35. The molecule has 3 nitrogen and oxygen atoms in total. The molecule has 1 aliphatic rings. The van der Waals surface area contributed by atoms with Crippen molar-refractivity contribution in [1.29, 1.82) is 0 Å². The Bertz CT molecular complexity index is 426. The molecule has 0 spiro atoms. The van der Waals surface area contributed by atoms with Gasteiger partial charge in [0, 0.05) is 31.4 Å². The maximum Gasteiger partial charge on any atom is 0.128 e. The van der Waals surface area contributed by atoms with Gasteiger partial charge < -0.3 is 10.2 Å². The zero-order valence-corrected chi connectivity index (χ0v) is 13.6. The summed E-state index contributed by atoms with van der Waals surface area (Å²) in [6.07, 6.45) is 3.28. The third kappa shape index (κ3) is 4.48. The standard InChI is InChI=1S/C17H29N3/c1-13-8-14(2)12-20(11-13)16-9-15(6-7-18-16)10-19-17(3,4)5/h6-7,9,13-14,19H,8,10-12H2,1-5H3. The molecule has 112 valence electrons. The highest BCUT2D eigenvalue weighted by Crippen LogP contribution is 2.25. The minimum atomic E-state index is 0.150. The Labute approximate surface area is 123 Å². The second-order valence-electron chi connectivity index (χ2n) is 7.48. The van der Waals surface area contributed by atoms with E-state index in [4.69, 9.17) is 0 Å². The molecule has 0 saturated carbocycles. The van der Waals surface area contributed by atoms with E-state index in [-0.39, 0.29) is 5.54 Å². The molecule has 0 aromatic carbocycles. The van der Waals surface area contributed by atoms with Crippen LogP contribution in [0.5, 0.6) is 0 Å². The molecule has 0 bridgehead atoms. The smallest absolute Gasteiger partial charge is 0.128 e. The molecule has 0 aliphatic carbocycles. The van der Waals surface area contributed by atoms with E-state index in [9.17, 15) is 0 Å². The summed E-state index contributed by atoms with van der Waals surface area (Å²) in [6, 6.07) is 4.35. The Balaban J connectivity index is 2.05. The van der Waals surface area contributed by atoms with Gasteiger partial charge in [-0.05, 0) is 56.7 Å². The fraction of sp³-hybridized carbons (Fsp3) is 0.706. The van der Waals surface area contributed by atoms with E-state index in [1.807, 2.05) is 6.20 Å². The second-order valence-corrected chi connectivity index (χ2v) is 7.48. The average molecular weight is 275 g/mol. The first-order valence-electron chi connectivity index (χ1n) is 7.78. The van der Waals surface area contributed by atoms with Crippen LogP contribution in [-0.2, 0) is 6.54 Å². The Kier molecular flexibility index (Phi) is 4.69. The lowest BCUT2D eigenvalue weighted by Gasteiger charge is -2.36. The summed E-state index contributed by atoms with van der Waals surface area (Å²) < 4.78 is 0. The highest BCUT2D eigenvalue weighted by Gasteiger charge is 2.22. The lowest BCUT2D eigenvalue weighted by molar-refractivity contribution is 0.355. The SMILES string of the molecule is CC1CC(C)CN(c2cc(CNC(C)(C)C)ccn2)C1. The molecule has 0 amide bonds. The number of piperidine rings is 1. The van der Waals surface area contributed by atoms with Crippen molar-refractivity contribution in [2.24, 2.45) is 11.8 Å². The van der Waals surface area contributed by atoms with Crippen molar-refractivity contribution in [1.82, 2.24) is 10.3 Å². The second kappa shape index (κ2) is 6.13. The minimum Gasteiger partial charge on any atom is -0.356 e. The predicted octanol–water partition coefficient (Wildman–Crippen LogP) is 3.45. The molecular weight excluding hydrogens is 246 g/mol. The van der Waals surface area contributed by atoms with Crippen molar-refractivity contribution in [3.8, 4) is 0 Å². The van der Waals surface area contributed by atoms with E-state index >= 15 is 0 Å². The number of aromatic nitrogens is 1. The van der Waals surface area contributed by atoms with E-state index in [0.717, 1.165) is 37.3 Å². The maximum atomic E-state index is 4.57. The third-order valence-corrected chi connectivity index (χ3v) is 3.83. The largest absolute Gasteiger partial charge is 0.356 e. The van der Waals surface area contributed by atoms with Crippen LogP contribution < -0.4 is 10.2 Å². The molecular formula is C17H29N3. The number of hydrogen-bond donors (Lipinski definition) is 1. The number of hydrogen-bond acceptors (Lipinski definition) is 3. The molecule has 2 atom stereocenters. The van der Waals surface area contributed by atoms with Gasteiger partial charge in [-0.15, -0.1) is 0 Å². The van der Waals surface area contributed by atoms with Crippen molar-refractivity contribution in [2.45, 2.75) is 53.1 Å². The van der Waals surface area contributed by atoms with Crippen LogP contribution >= 0.6 is 0 Å². The molecule has 1 saturated heterocycles. The van der Waals surface area contributed by atoms with Crippen molar-refractivity contribution >= 4 is 5.82 Å². The van der Waals surface area contributed by atoms with Crippen molar-refractivity contribution in [3.63, 3.8) is 0 Å². The first-order valence-corrected chi connectivity index (χ1v) is 7.78. The molecule has 0 radical (unpaired) electrons. The number of rotatable bonds is 3. The highest BCUT2D eigenvalue weighted by molar-refractivity contribution is 5.41. The van der Waals surface area contributed by atoms with Gasteiger partial charge >= 0.3 is 0 Å². The third-order valence-electron chi connectivity index (χ3n) is 3.83. The molecule has 1 aromatic heterocycles. The van der Waals surface area contributed by atoms with E-state index < -0.39 is 0 Å². The normalized spacial score (nSPS) is 23.9. The van der Waals surface area contributed by atoms with Crippen LogP contribution in [0.25, 0.3) is 0 Å². The van der Waals surface area contributed by atoms with Crippen LogP contribution in [0.3, 0.4) is 0 Å². The molecule has 2 unspecified atom stereocenters. The van der Waals surface area contributed by atoms with Crippen LogP contribution in [0.2, 0.25) is 0 Å². The van der Waals surface area contributed by atoms with Crippen molar-refractivity contribution in [2.75, 3.05) is 18.0 Å². The predicted molar refractivity (Wildman–Crippen MR) is 86.0 cm³/mol.